The predicted octanol–water partition coefficient (Wildman–Crippen LogP) is 3.15. The van der Waals surface area contributed by atoms with E-state index in [1.54, 1.807) is 12.1 Å². The van der Waals surface area contributed by atoms with Crippen molar-refractivity contribution in [2.45, 2.75) is 23.8 Å². The Labute approximate surface area is 143 Å². The zero-order valence-corrected chi connectivity index (χ0v) is 14.4. The van der Waals surface area contributed by atoms with Crippen LogP contribution in [0, 0.1) is 5.82 Å². The minimum atomic E-state index is -2.65. The SMILES string of the molecule is C=S(=O)(c1ccc(F)cc1)N1CCOCC1CCc1ccccc1. The zero-order chi connectivity index (χ0) is 17.0. The van der Waals surface area contributed by atoms with Crippen molar-refractivity contribution in [2.24, 2.45) is 0 Å². The van der Waals surface area contributed by atoms with Crippen LogP contribution in [0.1, 0.15) is 12.0 Å². The fourth-order valence-electron chi connectivity index (χ4n) is 3.02. The normalized spacial score (nSPS) is 21.3. The standard InChI is InChI=1S/C19H22FNO2S/c1-24(22,19-11-8-17(20)9-12-19)21-13-14-23-15-18(21)10-7-16-5-3-2-4-6-16/h2-6,8-9,11-12,18H,1,7,10,13-15H2. The van der Waals surface area contributed by atoms with Crippen molar-refractivity contribution in [3.8, 4) is 0 Å². The van der Waals surface area contributed by atoms with E-state index >= 15 is 0 Å². The maximum atomic E-state index is 13.3. The highest BCUT2D eigenvalue weighted by Crippen LogP contribution is 2.23. The van der Waals surface area contributed by atoms with Gasteiger partial charge in [0.25, 0.3) is 0 Å². The van der Waals surface area contributed by atoms with Gasteiger partial charge in [0.05, 0.1) is 22.9 Å². The molecule has 2 aromatic rings. The largest absolute Gasteiger partial charge is 0.378 e. The fraction of sp³-hybridized carbons (Fsp3) is 0.316. The molecule has 1 aliphatic rings. The van der Waals surface area contributed by atoms with Crippen LogP contribution in [0.5, 0.6) is 0 Å². The summed E-state index contributed by atoms with van der Waals surface area (Å²) in [6.07, 6.45) is 1.74. The molecule has 2 unspecified atom stereocenters. The van der Waals surface area contributed by atoms with E-state index in [-0.39, 0.29) is 11.9 Å². The van der Waals surface area contributed by atoms with Crippen LogP contribution >= 0.6 is 0 Å². The molecule has 3 nitrogen and oxygen atoms in total. The van der Waals surface area contributed by atoms with Gasteiger partial charge in [-0.15, -0.1) is 0 Å². The third kappa shape index (κ3) is 3.86. The van der Waals surface area contributed by atoms with E-state index in [0.717, 1.165) is 12.8 Å². The monoisotopic (exact) mass is 347 g/mol. The first-order chi connectivity index (χ1) is 11.6. The van der Waals surface area contributed by atoms with E-state index < -0.39 is 9.71 Å². The van der Waals surface area contributed by atoms with Gasteiger partial charge in [0.15, 0.2) is 0 Å². The molecule has 1 heterocycles. The van der Waals surface area contributed by atoms with E-state index in [9.17, 15) is 8.60 Å². The summed E-state index contributed by atoms with van der Waals surface area (Å²) in [6, 6.07) is 16.1. The maximum absolute atomic E-state index is 13.3. The number of hydrogen-bond donors (Lipinski definition) is 0. The maximum Gasteiger partial charge on any atom is 0.123 e. The lowest BCUT2D eigenvalue weighted by Crippen LogP contribution is -2.48. The first kappa shape index (κ1) is 17.1. The van der Waals surface area contributed by atoms with E-state index in [0.29, 0.717) is 24.7 Å². The highest BCUT2D eigenvalue weighted by molar-refractivity contribution is 7.98. The number of benzene rings is 2. The molecule has 1 aliphatic heterocycles. The minimum Gasteiger partial charge on any atom is -0.378 e. The van der Waals surface area contributed by atoms with Gasteiger partial charge in [0.2, 0.25) is 0 Å². The van der Waals surface area contributed by atoms with E-state index in [4.69, 9.17) is 4.74 Å². The number of aryl methyl sites for hydroxylation is 1. The van der Waals surface area contributed by atoms with E-state index in [2.05, 4.69) is 18.0 Å². The van der Waals surface area contributed by atoms with Crippen molar-refractivity contribution in [2.75, 3.05) is 19.8 Å². The van der Waals surface area contributed by atoms with Crippen LogP contribution in [-0.4, -0.2) is 40.2 Å². The van der Waals surface area contributed by atoms with Gasteiger partial charge in [-0.05, 0) is 48.5 Å². The molecule has 0 amide bonds. The second-order valence-electron chi connectivity index (χ2n) is 5.99. The van der Waals surface area contributed by atoms with Crippen LogP contribution in [0.3, 0.4) is 0 Å². The molecular formula is C19H22FNO2S. The lowest BCUT2D eigenvalue weighted by molar-refractivity contribution is 0.0318. The molecule has 0 spiro atoms. The summed E-state index contributed by atoms with van der Waals surface area (Å²) in [5.74, 6) is 3.64. The summed E-state index contributed by atoms with van der Waals surface area (Å²) < 4.78 is 34.0. The van der Waals surface area contributed by atoms with Crippen molar-refractivity contribution in [1.82, 2.24) is 4.31 Å². The number of halogens is 1. The highest BCUT2D eigenvalue weighted by atomic mass is 32.2. The molecule has 0 radical (unpaired) electrons. The minimum absolute atomic E-state index is 0.0361. The molecule has 24 heavy (non-hydrogen) atoms. The van der Waals surface area contributed by atoms with Gasteiger partial charge in [-0.3, -0.25) is 0 Å². The van der Waals surface area contributed by atoms with Crippen molar-refractivity contribution in [3.05, 3.63) is 66.0 Å². The fourth-order valence-corrected chi connectivity index (χ4v) is 4.87. The summed E-state index contributed by atoms with van der Waals surface area (Å²) in [5, 5.41) is 0. The third-order valence-corrected chi connectivity index (χ3v) is 6.59. The van der Waals surface area contributed by atoms with Crippen LogP contribution in [0.15, 0.2) is 59.5 Å². The average Bonchev–Trinajstić information content (AvgIpc) is 2.61. The van der Waals surface area contributed by atoms with Gasteiger partial charge < -0.3 is 4.74 Å². The summed E-state index contributed by atoms with van der Waals surface area (Å²) in [6.45, 7) is 1.65. The highest BCUT2D eigenvalue weighted by Gasteiger charge is 2.29. The summed E-state index contributed by atoms with van der Waals surface area (Å²) in [5.41, 5.74) is 1.25. The molecule has 0 bridgehead atoms. The number of morpholine rings is 1. The average molecular weight is 347 g/mol. The zero-order valence-electron chi connectivity index (χ0n) is 13.6. The Morgan fingerprint density at radius 1 is 1.17 bits per heavy atom. The summed E-state index contributed by atoms with van der Waals surface area (Å²) in [7, 11) is -2.65. The molecule has 2 atom stereocenters. The topological polar surface area (TPSA) is 29.5 Å². The van der Waals surface area contributed by atoms with Gasteiger partial charge in [0, 0.05) is 17.5 Å². The quantitative estimate of drug-likeness (QED) is 0.778. The van der Waals surface area contributed by atoms with Gasteiger partial charge >= 0.3 is 0 Å². The van der Waals surface area contributed by atoms with Crippen LogP contribution in [0.4, 0.5) is 4.39 Å². The second kappa shape index (κ2) is 7.47. The molecule has 0 aromatic heterocycles. The van der Waals surface area contributed by atoms with Crippen molar-refractivity contribution < 1.29 is 13.3 Å². The van der Waals surface area contributed by atoms with Crippen LogP contribution in [0.25, 0.3) is 0 Å². The van der Waals surface area contributed by atoms with Gasteiger partial charge in [-0.2, -0.15) is 0 Å². The predicted molar refractivity (Wildman–Crippen MR) is 96.0 cm³/mol. The Bertz CT molecular complexity index is 760. The van der Waals surface area contributed by atoms with Gasteiger partial charge in [0.1, 0.15) is 5.82 Å². The van der Waals surface area contributed by atoms with Gasteiger partial charge in [-0.25, -0.2) is 12.9 Å². The molecule has 5 heteroatoms. The third-order valence-electron chi connectivity index (χ3n) is 4.34. The Balaban J connectivity index is 1.77. The lowest BCUT2D eigenvalue weighted by atomic mass is 10.1. The Morgan fingerprint density at radius 2 is 1.88 bits per heavy atom. The van der Waals surface area contributed by atoms with Crippen LogP contribution in [-0.2, 0) is 20.9 Å². The molecule has 0 saturated carbocycles. The molecule has 1 fully saturated rings. The Hall–Kier alpha value is -1.69. The van der Waals surface area contributed by atoms with Gasteiger partial charge in [-0.1, -0.05) is 30.3 Å². The molecule has 2 aromatic carbocycles. The summed E-state index contributed by atoms with van der Waals surface area (Å²) >= 11 is 0. The van der Waals surface area contributed by atoms with Crippen LogP contribution in [0.2, 0.25) is 0 Å². The molecule has 3 rings (SSSR count). The Morgan fingerprint density at radius 3 is 2.58 bits per heavy atom. The Kier molecular flexibility index (Phi) is 5.33. The number of nitrogens with zero attached hydrogens (tertiary/aromatic N) is 1. The molecular weight excluding hydrogens is 325 g/mol. The van der Waals surface area contributed by atoms with Crippen molar-refractivity contribution in [3.63, 3.8) is 0 Å². The molecule has 1 saturated heterocycles. The van der Waals surface area contributed by atoms with E-state index in [1.165, 1.54) is 17.7 Å². The molecule has 0 aliphatic carbocycles. The van der Waals surface area contributed by atoms with E-state index in [1.807, 2.05) is 22.5 Å². The number of ether oxygens (including phenoxy) is 1. The number of hydrogen-bond acceptors (Lipinski definition) is 2. The summed E-state index contributed by atoms with van der Waals surface area (Å²) in [4.78, 5) is 0.565. The first-order valence-corrected chi connectivity index (χ1v) is 9.77. The van der Waals surface area contributed by atoms with Crippen molar-refractivity contribution >= 4 is 15.6 Å². The van der Waals surface area contributed by atoms with Crippen LogP contribution < -0.4 is 0 Å². The number of rotatable bonds is 5. The van der Waals surface area contributed by atoms with Crippen molar-refractivity contribution in [1.29, 1.82) is 0 Å². The molecule has 0 N–H and O–H groups in total. The lowest BCUT2D eigenvalue weighted by Gasteiger charge is -2.37. The first-order valence-electron chi connectivity index (χ1n) is 8.08. The molecule has 128 valence electrons. The second-order valence-corrected chi connectivity index (χ2v) is 8.21. The smallest absolute Gasteiger partial charge is 0.123 e.